The average molecular weight is 223 g/mol. The molecular formula is C11H11F2N3. The minimum absolute atomic E-state index is 0.123. The number of alkyl halides is 2. The molecule has 5 heteroatoms. The fraction of sp³-hybridized carbons (Fsp3) is 0.273. The van der Waals surface area contributed by atoms with Gasteiger partial charge in [-0.2, -0.15) is 5.10 Å². The molecular weight excluding hydrogens is 212 g/mol. The standard InChI is InChI=1S/C11H11F2N3/c1-8-5-7-15-16(8)10-9(11(2,12)13)4-3-6-14-10/h3-7H,1-2H3. The van der Waals surface area contributed by atoms with Crippen molar-refractivity contribution in [1.82, 2.24) is 14.8 Å². The number of hydrogen-bond acceptors (Lipinski definition) is 2. The zero-order valence-corrected chi connectivity index (χ0v) is 8.98. The van der Waals surface area contributed by atoms with Crippen molar-refractivity contribution in [2.75, 3.05) is 0 Å². The van der Waals surface area contributed by atoms with Gasteiger partial charge in [-0.25, -0.2) is 18.4 Å². The molecule has 0 amide bonds. The molecule has 0 spiro atoms. The molecule has 0 aliphatic heterocycles. The smallest absolute Gasteiger partial charge is 0.237 e. The Balaban J connectivity index is 2.62. The largest absolute Gasteiger partial charge is 0.274 e. The normalized spacial score (nSPS) is 11.8. The van der Waals surface area contributed by atoms with Crippen LogP contribution >= 0.6 is 0 Å². The predicted octanol–water partition coefficient (Wildman–Crippen LogP) is 2.69. The Hall–Kier alpha value is -1.78. The van der Waals surface area contributed by atoms with E-state index in [-0.39, 0.29) is 11.4 Å². The van der Waals surface area contributed by atoms with E-state index in [2.05, 4.69) is 10.1 Å². The van der Waals surface area contributed by atoms with Crippen molar-refractivity contribution < 1.29 is 8.78 Å². The van der Waals surface area contributed by atoms with E-state index in [4.69, 9.17) is 0 Å². The third kappa shape index (κ3) is 1.80. The van der Waals surface area contributed by atoms with E-state index in [0.29, 0.717) is 0 Å². The number of rotatable bonds is 2. The van der Waals surface area contributed by atoms with Gasteiger partial charge in [-0.3, -0.25) is 0 Å². The van der Waals surface area contributed by atoms with Gasteiger partial charge >= 0.3 is 0 Å². The van der Waals surface area contributed by atoms with Gasteiger partial charge in [0, 0.05) is 25.0 Å². The lowest BCUT2D eigenvalue weighted by Gasteiger charge is -2.15. The molecule has 0 fully saturated rings. The van der Waals surface area contributed by atoms with Gasteiger partial charge in [0.25, 0.3) is 5.92 Å². The first kappa shape index (κ1) is 10.7. The highest BCUT2D eigenvalue weighted by atomic mass is 19.3. The van der Waals surface area contributed by atoms with Gasteiger partial charge in [-0.1, -0.05) is 0 Å². The molecule has 0 radical (unpaired) electrons. The molecule has 0 unspecified atom stereocenters. The Kier molecular flexibility index (Phi) is 2.46. The number of aromatic nitrogens is 3. The van der Waals surface area contributed by atoms with E-state index in [1.807, 2.05) is 0 Å². The predicted molar refractivity (Wildman–Crippen MR) is 55.7 cm³/mol. The Morgan fingerprint density at radius 2 is 2.00 bits per heavy atom. The van der Waals surface area contributed by atoms with Gasteiger partial charge in [-0.05, 0) is 25.1 Å². The third-order valence-electron chi connectivity index (χ3n) is 2.29. The summed E-state index contributed by atoms with van der Waals surface area (Å²) in [7, 11) is 0. The summed E-state index contributed by atoms with van der Waals surface area (Å²) in [6, 6.07) is 4.60. The first-order valence-corrected chi connectivity index (χ1v) is 4.84. The summed E-state index contributed by atoms with van der Waals surface area (Å²) in [5.41, 5.74) is 0.644. The van der Waals surface area contributed by atoms with Crippen LogP contribution in [-0.2, 0) is 5.92 Å². The van der Waals surface area contributed by atoms with Crippen molar-refractivity contribution in [3.8, 4) is 5.82 Å². The van der Waals surface area contributed by atoms with Crippen LogP contribution in [0.25, 0.3) is 5.82 Å². The maximum atomic E-state index is 13.4. The van der Waals surface area contributed by atoms with E-state index >= 15 is 0 Å². The van der Waals surface area contributed by atoms with Crippen LogP contribution in [-0.4, -0.2) is 14.8 Å². The van der Waals surface area contributed by atoms with Crippen LogP contribution in [0.4, 0.5) is 8.78 Å². The van der Waals surface area contributed by atoms with Gasteiger partial charge in [0.1, 0.15) is 0 Å². The number of halogens is 2. The van der Waals surface area contributed by atoms with Gasteiger partial charge in [-0.15, -0.1) is 0 Å². The van der Waals surface area contributed by atoms with E-state index in [0.717, 1.165) is 12.6 Å². The molecule has 0 aromatic carbocycles. The molecule has 84 valence electrons. The Morgan fingerprint density at radius 3 is 2.56 bits per heavy atom. The SMILES string of the molecule is Cc1ccnn1-c1ncccc1C(C)(F)F. The van der Waals surface area contributed by atoms with E-state index in [1.165, 1.54) is 23.0 Å². The number of hydrogen-bond donors (Lipinski definition) is 0. The van der Waals surface area contributed by atoms with Gasteiger partial charge in [0.05, 0.1) is 5.56 Å². The molecule has 0 aliphatic rings. The monoisotopic (exact) mass is 223 g/mol. The molecule has 0 N–H and O–H groups in total. The first-order valence-electron chi connectivity index (χ1n) is 4.84. The summed E-state index contributed by atoms with van der Waals surface area (Å²) in [6.07, 6.45) is 3.04. The van der Waals surface area contributed by atoms with E-state index in [1.54, 1.807) is 19.2 Å². The van der Waals surface area contributed by atoms with Crippen molar-refractivity contribution in [2.45, 2.75) is 19.8 Å². The van der Waals surface area contributed by atoms with Crippen molar-refractivity contribution in [2.24, 2.45) is 0 Å². The summed E-state index contributed by atoms with van der Waals surface area (Å²) < 4.78 is 28.1. The van der Waals surface area contributed by atoms with Crippen LogP contribution < -0.4 is 0 Å². The van der Waals surface area contributed by atoms with Gasteiger partial charge in [0.2, 0.25) is 0 Å². The van der Waals surface area contributed by atoms with Crippen molar-refractivity contribution >= 4 is 0 Å². The lowest BCUT2D eigenvalue weighted by Crippen LogP contribution is -2.14. The minimum Gasteiger partial charge on any atom is -0.237 e. The zero-order valence-electron chi connectivity index (χ0n) is 8.98. The number of nitrogens with zero attached hydrogens (tertiary/aromatic N) is 3. The van der Waals surface area contributed by atoms with Gasteiger partial charge < -0.3 is 0 Å². The highest BCUT2D eigenvalue weighted by molar-refractivity contribution is 5.37. The summed E-state index contributed by atoms with van der Waals surface area (Å²) in [4.78, 5) is 3.97. The second-order valence-electron chi connectivity index (χ2n) is 3.65. The molecule has 16 heavy (non-hydrogen) atoms. The van der Waals surface area contributed by atoms with Crippen LogP contribution in [0, 0.1) is 6.92 Å². The second-order valence-corrected chi connectivity index (χ2v) is 3.65. The summed E-state index contributed by atoms with van der Waals surface area (Å²) in [6.45, 7) is 2.64. The molecule has 0 aliphatic carbocycles. The van der Waals surface area contributed by atoms with E-state index < -0.39 is 5.92 Å². The summed E-state index contributed by atoms with van der Waals surface area (Å²) in [5, 5.41) is 3.98. The van der Waals surface area contributed by atoms with Crippen molar-refractivity contribution in [1.29, 1.82) is 0 Å². The highest BCUT2D eigenvalue weighted by Gasteiger charge is 2.29. The molecule has 0 bridgehead atoms. The highest BCUT2D eigenvalue weighted by Crippen LogP contribution is 2.30. The summed E-state index contributed by atoms with van der Waals surface area (Å²) >= 11 is 0. The maximum absolute atomic E-state index is 13.4. The molecule has 0 atom stereocenters. The second kappa shape index (κ2) is 3.66. The maximum Gasteiger partial charge on any atom is 0.274 e. The fourth-order valence-corrected chi connectivity index (χ4v) is 1.50. The van der Waals surface area contributed by atoms with E-state index in [9.17, 15) is 8.78 Å². The fourth-order valence-electron chi connectivity index (χ4n) is 1.50. The minimum atomic E-state index is -2.93. The molecule has 2 aromatic rings. The average Bonchev–Trinajstić information content (AvgIpc) is 2.63. The van der Waals surface area contributed by atoms with Crippen LogP contribution in [0.1, 0.15) is 18.2 Å². The quantitative estimate of drug-likeness (QED) is 0.783. The van der Waals surface area contributed by atoms with Crippen LogP contribution in [0.2, 0.25) is 0 Å². The Bertz CT molecular complexity index is 500. The van der Waals surface area contributed by atoms with Gasteiger partial charge in [0.15, 0.2) is 5.82 Å². The molecule has 0 saturated heterocycles. The Labute approximate surface area is 91.7 Å². The topological polar surface area (TPSA) is 30.7 Å². The van der Waals surface area contributed by atoms with Crippen molar-refractivity contribution in [3.05, 3.63) is 41.9 Å². The van der Waals surface area contributed by atoms with Crippen molar-refractivity contribution in [3.63, 3.8) is 0 Å². The first-order chi connectivity index (χ1) is 7.50. The molecule has 3 nitrogen and oxygen atoms in total. The Morgan fingerprint density at radius 1 is 1.25 bits per heavy atom. The third-order valence-corrected chi connectivity index (χ3v) is 2.29. The number of aryl methyl sites for hydroxylation is 1. The van der Waals surface area contributed by atoms with Crippen LogP contribution in [0.15, 0.2) is 30.6 Å². The molecule has 0 saturated carbocycles. The van der Waals surface area contributed by atoms with Crippen LogP contribution in [0.5, 0.6) is 0 Å². The number of pyridine rings is 1. The molecule has 2 heterocycles. The lowest BCUT2D eigenvalue weighted by atomic mass is 10.1. The lowest BCUT2D eigenvalue weighted by molar-refractivity contribution is 0.0170. The molecule has 2 rings (SSSR count). The zero-order chi connectivity index (χ0) is 11.8. The van der Waals surface area contributed by atoms with Crippen LogP contribution in [0.3, 0.4) is 0 Å². The molecule has 2 aromatic heterocycles. The summed E-state index contributed by atoms with van der Waals surface area (Å²) in [5.74, 6) is -2.75.